The zero-order valence-corrected chi connectivity index (χ0v) is 21.4. The van der Waals surface area contributed by atoms with Crippen LogP contribution in [-0.2, 0) is 11.2 Å². The molecule has 0 heterocycles. The zero-order chi connectivity index (χ0) is 28.0. The number of amides is 2. The lowest BCUT2D eigenvalue weighted by molar-refractivity contribution is -0.117. The summed E-state index contributed by atoms with van der Waals surface area (Å²) < 4.78 is 40.6. The normalized spacial score (nSPS) is 11.2. The highest BCUT2D eigenvalue weighted by molar-refractivity contribution is 6.05. The largest absolute Gasteiger partial charge is 0.497 e. The summed E-state index contributed by atoms with van der Waals surface area (Å²) >= 11 is 0. The molecule has 0 aliphatic heterocycles. The van der Waals surface area contributed by atoms with Gasteiger partial charge in [-0.25, -0.2) is 8.78 Å². The number of alkyl halides is 2. The summed E-state index contributed by atoms with van der Waals surface area (Å²) in [5.74, 6) is 0.489. The smallest absolute Gasteiger partial charge is 0.272 e. The Morgan fingerprint density at radius 1 is 0.897 bits per heavy atom. The van der Waals surface area contributed by atoms with Crippen LogP contribution in [0.2, 0.25) is 0 Å². The van der Waals surface area contributed by atoms with Crippen molar-refractivity contribution in [3.63, 3.8) is 0 Å². The fraction of sp³-hybridized carbons (Fsp3) is 0.241. The minimum absolute atomic E-state index is 0.00495. The van der Waals surface area contributed by atoms with Crippen molar-refractivity contribution in [2.24, 2.45) is 0 Å². The third kappa shape index (κ3) is 9.75. The number of rotatable bonds is 14. The molecule has 0 atom stereocenters. The number of aliphatic hydroxyl groups excluding tert-OH is 1. The van der Waals surface area contributed by atoms with Crippen molar-refractivity contribution < 1.29 is 37.7 Å². The Kier molecular flexibility index (Phi) is 11.3. The fourth-order valence-electron chi connectivity index (χ4n) is 3.39. The molecule has 2 amide bonds. The molecular weight excluding hydrogens is 510 g/mol. The van der Waals surface area contributed by atoms with Crippen LogP contribution in [0.15, 0.2) is 78.5 Å². The Hall–Kier alpha value is -4.44. The molecule has 0 unspecified atom stereocenters. The second-order valence-corrected chi connectivity index (χ2v) is 8.23. The van der Waals surface area contributed by atoms with Crippen molar-refractivity contribution in [3.8, 4) is 17.2 Å². The average molecular weight is 541 g/mol. The SMILES string of the molecule is COc1ccc(CCOc2ccc(C(=O)N/C(=C/c3ccc(OCC(F)F)cc3)C(=O)NCCO)cc2)cc1. The van der Waals surface area contributed by atoms with Crippen LogP contribution in [-0.4, -0.2) is 56.8 Å². The Bertz CT molecular complexity index is 1230. The summed E-state index contributed by atoms with van der Waals surface area (Å²) in [4.78, 5) is 25.5. The van der Waals surface area contributed by atoms with Crippen LogP contribution in [0.3, 0.4) is 0 Å². The van der Waals surface area contributed by atoms with Gasteiger partial charge in [-0.1, -0.05) is 24.3 Å². The summed E-state index contributed by atoms with van der Waals surface area (Å²) in [6.07, 6.45) is -0.470. The first kappa shape index (κ1) is 29.1. The predicted molar refractivity (Wildman–Crippen MR) is 142 cm³/mol. The van der Waals surface area contributed by atoms with E-state index in [2.05, 4.69) is 10.6 Å². The van der Waals surface area contributed by atoms with Crippen LogP contribution < -0.4 is 24.8 Å². The molecule has 10 heteroatoms. The number of hydrogen-bond donors (Lipinski definition) is 3. The van der Waals surface area contributed by atoms with Gasteiger partial charge in [-0.2, -0.15) is 0 Å². The molecule has 8 nitrogen and oxygen atoms in total. The van der Waals surface area contributed by atoms with Gasteiger partial charge in [0, 0.05) is 18.5 Å². The first-order chi connectivity index (χ1) is 18.9. The van der Waals surface area contributed by atoms with Gasteiger partial charge in [0.15, 0.2) is 0 Å². The molecule has 39 heavy (non-hydrogen) atoms. The van der Waals surface area contributed by atoms with E-state index in [4.69, 9.17) is 19.3 Å². The van der Waals surface area contributed by atoms with Crippen molar-refractivity contribution >= 4 is 17.9 Å². The van der Waals surface area contributed by atoms with E-state index in [0.717, 1.165) is 11.3 Å². The molecule has 3 rings (SSSR count). The Morgan fingerprint density at radius 2 is 1.51 bits per heavy atom. The minimum Gasteiger partial charge on any atom is -0.497 e. The third-order valence-electron chi connectivity index (χ3n) is 5.39. The average Bonchev–Trinajstić information content (AvgIpc) is 2.95. The molecule has 0 radical (unpaired) electrons. The van der Waals surface area contributed by atoms with Crippen LogP contribution >= 0.6 is 0 Å². The summed E-state index contributed by atoms with van der Waals surface area (Å²) in [6.45, 7) is -0.563. The number of nitrogens with one attached hydrogen (secondary N) is 2. The molecule has 3 aromatic rings. The molecule has 0 saturated heterocycles. The van der Waals surface area contributed by atoms with Crippen LogP contribution in [0.5, 0.6) is 17.2 Å². The fourth-order valence-corrected chi connectivity index (χ4v) is 3.39. The second kappa shape index (κ2) is 15.1. The highest BCUT2D eigenvalue weighted by Gasteiger charge is 2.15. The van der Waals surface area contributed by atoms with Crippen molar-refractivity contribution in [2.75, 3.05) is 33.5 Å². The van der Waals surface area contributed by atoms with E-state index >= 15 is 0 Å². The molecule has 0 bridgehead atoms. The van der Waals surface area contributed by atoms with Gasteiger partial charge in [0.05, 0.1) is 20.3 Å². The van der Waals surface area contributed by atoms with Crippen LogP contribution in [0.1, 0.15) is 21.5 Å². The van der Waals surface area contributed by atoms with Gasteiger partial charge in [-0.3, -0.25) is 9.59 Å². The van der Waals surface area contributed by atoms with Crippen molar-refractivity contribution in [2.45, 2.75) is 12.8 Å². The Balaban J connectivity index is 1.62. The molecule has 0 aliphatic carbocycles. The maximum absolute atomic E-state index is 12.9. The van der Waals surface area contributed by atoms with Crippen LogP contribution in [0.4, 0.5) is 8.78 Å². The van der Waals surface area contributed by atoms with E-state index < -0.39 is 24.8 Å². The number of carbonyl (C=O) groups excluding carboxylic acids is 2. The van der Waals surface area contributed by atoms with Gasteiger partial charge in [-0.15, -0.1) is 0 Å². The first-order valence-corrected chi connectivity index (χ1v) is 12.2. The monoisotopic (exact) mass is 540 g/mol. The number of aliphatic hydroxyl groups is 1. The van der Waals surface area contributed by atoms with Crippen molar-refractivity contribution in [1.82, 2.24) is 10.6 Å². The van der Waals surface area contributed by atoms with Gasteiger partial charge in [-0.05, 0) is 65.7 Å². The quantitative estimate of drug-likeness (QED) is 0.269. The summed E-state index contributed by atoms with van der Waals surface area (Å²) in [5, 5.41) is 14.1. The molecule has 0 spiro atoms. The molecule has 0 saturated carbocycles. The minimum atomic E-state index is -2.60. The predicted octanol–water partition coefficient (Wildman–Crippen LogP) is 3.84. The molecule has 206 valence electrons. The third-order valence-corrected chi connectivity index (χ3v) is 5.39. The molecule has 3 N–H and O–H groups in total. The highest BCUT2D eigenvalue weighted by Crippen LogP contribution is 2.17. The van der Waals surface area contributed by atoms with Crippen molar-refractivity contribution in [3.05, 3.63) is 95.2 Å². The van der Waals surface area contributed by atoms with E-state index in [1.165, 1.54) is 18.2 Å². The second-order valence-electron chi connectivity index (χ2n) is 8.23. The van der Waals surface area contributed by atoms with E-state index in [9.17, 15) is 18.4 Å². The molecule has 0 aromatic heterocycles. The number of benzene rings is 3. The number of halogens is 2. The zero-order valence-electron chi connectivity index (χ0n) is 21.4. The summed E-state index contributed by atoms with van der Waals surface area (Å²) in [7, 11) is 1.61. The first-order valence-electron chi connectivity index (χ1n) is 12.2. The number of methoxy groups -OCH3 is 1. The van der Waals surface area contributed by atoms with Gasteiger partial charge in [0.2, 0.25) is 0 Å². The topological polar surface area (TPSA) is 106 Å². The number of carbonyl (C=O) groups is 2. The van der Waals surface area contributed by atoms with Crippen LogP contribution in [0, 0.1) is 0 Å². The van der Waals surface area contributed by atoms with Gasteiger partial charge in [0.1, 0.15) is 29.6 Å². The standard InChI is InChI=1S/C29H30F2N2O6/c1-37-23-8-2-20(3-9-23)14-17-38-24-12-6-22(7-13-24)28(35)33-26(29(36)32-15-16-34)18-21-4-10-25(11-5-21)39-19-27(30)31/h2-13,18,27,34H,14-17,19H2,1H3,(H,32,36)(H,33,35)/b26-18+. The maximum atomic E-state index is 12.9. The molecule has 3 aromatic carbocycles. The van der Waals surface area contributed by atoms with Gasteiger partial charge >= 0.3 is 0 Å². The van der Waals surface area contributed by atoms with Gasteiger partial charge < -0.3 is 30.0 Å². The van der Waals surface area contributed by atoms with E-state index in [0.29, 0.717) is 29.9 Å². The Morgan fingerprint density at radius 3 is 2.13 bits per heavy atom. The molecule has 0 aliphatic rings. The van der Waals surface area contributed by atoms with Crippen LogP contribution in [0.25, 0.3) is 6.08 Å². The Labute approximate surface area is 225 Å². The van der Waals surface area contributed by atoms with E-state index in [-0.39, 0.29) is 24.6 Å². The summed E-state index contributed by atoms with van der Waals surface area (Å²) in [6, 6.07) is 20.3. The number of ether oxygens (including phenoxy) is 3. The summed E-state index contributed by atoms with van der Waals surface area (Å²) in [5.41, 5.74) is 1.86. The van der Waals surface area contributed by atoms with E-state index in [1.807, 2.05) is 24.3 Å². The molecular formula is C29H30F2N2O6. The van der Waals surface area contributed by atoms with E-state index in [1.54, 1.807) is 43.5 Å². The lowest BCUT2D eigenvalue weighted by Crippen LogP contribution is -2.36. The lowest BCUT2D eigenvalue weighted by atomic mass is 10.1. The number of hydrogen-bond acceptors (Lipinski definition) is 6. The van der Waals surface area contributed by atoms with Crippen molar-refractivity contribution in [1.29, 1.82) is 0 Å². The maximum Gasteiger partial charge on any atom is 0.272 e. The lowest BCUT2D eigenvalue weighted by Gasteiger charge is -2.12. The highest BCUT2D eigenvalue weighted by atomic mass is 19.3. The molecule has 0 fully saturated rings. The van der Waals surface area contributed by atoms with Gasteiger partial charge in [0.25, 0.3) is 18.2 Å².